The molecule has 0 fully saturated rings. The van der Waals surface area contributed by atoms with Gasteiger partial charge < -0.3 is 5.32 Å². The van der Waals surface area contributed by atoms with E-state index < -0.39 is 0 Å². The van der Waals surface area contributed by atoms with E-state index in [0.29, 0.717) is 0 Å². The van der Waals surface area contributed by atoms with Crippen molar-refractivity contribution >= 4 is 0 Å². The zero-order valence-electron chi connectivity index (χ0n) is 7.85. The molecule has 1 heteroatoms. The standard InChI is InChI=1S/C10H19N/c1-4-11-10-6-5-8(2)7-9(10)3/h5,9-11H,4,6-7H2,1-3H3. The van der Waals surface area contributed by atoms with Crippen molar-refractivity contribution < 1.29 is 0 Å². The summed E-state index contributed by atoms with van der Waals surface area (Å²) in [6.07, 6.45) is 4.87. The fraction of sp³-hybridized carbons (Fsp3) is 0.800. The molecule has 0 saturated heterocycles. The van der Waals surface area contributed by atoms with Crippen LogP contribution >= 0.6 is 0 Å². The number of nitrogens with one attached hydrogen (secondary N) is 1. The van der Waals surface area contributed by atoms with Gasteiger partial charge in [-0.3, -0.25) is 0 Å². The van der Waals surface area contributed by atoms with E-state index >= 15 is 0 Å². The molecule has 1 rings (SSSR count). The Labute approximate surface area is 69.9 Å². The molecule has 1 nitrogen and oxygen atoms in total. The van der Waals surface area contributed by atoms with E-state index in [9.17, 15) is 0 Å². The smallest absolute Gasteiger partial charge is 0.0130 e. The molecule has 64 valence electrons. The van der Waals surface area contributed by atoms with Gasteiger partial charge in [0.25, 0.3) is 0 Å². The number of hydrogen-bond donors (Lipinski definition) is 1. The molecule has 0 saturated carbocycles. The Morgan fingerprint density at radius 3 is 2.91 bits per heavy atom. The minimum atomic E-state index is 0.726. The van der Waals surface area contributed by atoms with Gasteiger partial charge in [-0.2, -0.15) is 0 Å². The number of hydrogen-bond acceptors (Lipinski definition) is 1. The first-order chi connectivity index (χ1) is 5.24. The largest absolute Gasteiger partial charge is 0.314 e. The highest BCUT2D eigenvalue weighted by molar-refractivity contribution is 5.06. The molecule has 1 aliphatic carbocycles. The molecule has 0 aromatic rings. The van der Waals surface area contributed by atoms with E-state index in [1.807, 2.05) is 0 Å². The molecule has 11 heavy (non-hydrogen) atoms. The monoisotopic (exact) mass is 153 g/mol. The third-order valence-electron chi connectivity index (χ3n) is 2.52. The third kappa shape index (κ3) is 2.33. The van der Waals surface area contributed by atoms with Gasteiger partial charge in [-0.05, 0) is 32.2 Å². The van der Waals surface area contributed by atoms with Gasteiger partial charge in [0.2, 0.25) is 0 Å². The van der Waals surface area contributed by atoms with E-state index in [2.05, 4.69) is 32.2 Å². The van der Waals surface area contributed by atoms with Gasteiger partial charge in [0, 0.05) is 6.04 Å². The number of rotatable bonds is 2. The molecule has 0 heterocycles. The van der Waals surface area contributed by atoms with Crippen molar-refractivity contribution in [2.24, 2.45) is 5.92 Å². The average Bonchev–Trinajstić information content (AvgIpc) is 1.95. The summed E-state index contributed by atoms with van der Waals surface area (Å²) in [6.45, 7) is 7.85. The fourth-order valence-corrected chi connectivity index (χ4v) is 1.84. The van der Waals surface area contributed by atoms with E-state index in [1.54, 1.807) is 5.57 Å². The lowest BCUT2D eigenvalue weighted by Crippen LogP contribution is -2.36. The van der Waals surface area contributed by atoms with E-state index in [-0.39, 0.29) is 0 Å². The van der Waals surface area contributed by atoms with Gasteiger partial charge in [0.1, 0.15) is 0 Å². The quantitative estimate of drug-likeness (QED) is 0.600. The van der Waals surface area contributed by atoms with Crippen molar-refractivity contribution in [3.8, 4) is 0 Å². The molecular formula is C10H19N. The zero-order valence-corrected chi connectivity index (χ0v) is 7.85. The molecular weight excluding hydrogens is 134 g/mol. The van der Waals surface area contributed by atoms with Crippen LogP contribution < -0.4 is 5.32 Å². The summed E-state index contributed by atoms with van der Waals surface area (Å²) in [5.74, 6) is 0.819. The summed E-state index contributed by atoms with van der Waals surface area (Å²) >= 11 is 0. The highest BCUT2D eigenvalue weighted by Gasteiger charge is 2.18. The Morgan fingerprint density at radius 1 is 1.64 bits per heavy atom. The average molecular weight is 153 g/mol. The van der Waals surface area contributed by atoms with Crippen LogP contribution in [0.5, 0.6) is 0 Å². The summed E-state index contributed by atoms with van der Waals surface area (Å²) in [6, 6.07) is 0.726. The molecule has 0 bridgehead atoms. The Balaban J connectivity index is 2.44. The van der Waals surface area contributed by atoms with Gasteiger partial charge in [-0.1, -0.05) is 25.5 Å². The summed E-state index contributed by atoms with van der Waals surface area (Å²) in [7, 11) is 0. The Bertz CT molecular complexity index is 149. The van der Waals surface area contributed by atoms with Crippen LogP contribution in [0.4, 0.5) is 0 Å². The Hall–Kier alpha value is -0.300. The zero-order chi connectivity index (χ0) is 8.27. The maximum Gasteiger partial charge on any atom is 0.0130 e. The van der Waals surface area contributed by atoms with Gasteiger partial charge in [-0.25, -0.2) is 0 Å². The van der Waals surface area contributed by atoms with Gasteiger partial charge >= 0.3 is 0 Å². The first-order valence-electron chi connectivity index (χ1n) is 4.63. The molecule has 0 amide bonds. The van der Waals surface area contributed by atoms with Crippen LogP contribution in [0.2, 0.25) is 0 Å². The highest BCUT2D eigenvalue weighted by Crippen LogP contribution is 2.23. The molecule has 1 N–H and O–H groups in total. The van der Waals surface area contributed by atoms with Crippen molar-refractivity contribution in [3.63, 3.8) is 0 Å². The second-order valence-electron chi connectivity index (χ2n) is 3.63. The van der Waals surface area contributed by atoms with Crippen LogP contribution in [-0.4, -0.2) is 12.6 Å². The molecule has 0 aromatic carbocycles. The molecule has 0 aromatic heterocycles. The number of allylic oxidation sites excluding steroid dienone is 1. The van der Waals surface area contributed by atoms with Crippen molar-refractivity contribution in [1.29, 1.82) is 0 Å². The van der Waals surface area contributed by atoms with Crippen molar-refractivity contribution in [2.75, 3.05) is 6.54 Å². The van der Waals surface area contributed by atoms with Crippen LogP contribution in [0.15, 0.2) is 11.6 Å². The summed E-state index contributed by atoms with van der Waals surface area (Å²) < 4.78 is 0. The highest BCUT2D eigenvalue weighted by atomic mass is 14.9. The van der Waals surface area contributed by atoms with Crippen LogP contribution in [0, 0.1) is 5.92 Å². The van der Waals surface area contributed by atoms with E-state index in [4.69, 9.17) is 0 Å². The molecule has 1 aliphatic rings. The minimum absolute atomic E-state index is 0.726. The van der Waals surface area contributed by atoms with Gasteiger partial charge in [0.05, 0.1) is 0 Å². The van der Waals surface area contributed by atoms with Gasteiger partial charge in [0.15, 0.2) is 0 Å². The maximum absolute atomic E-state index is 3.51. The normalized spacial score (nSPS) is 31.7. The Kier molecular flexibility index (Phi) is 3.13. The molecule has 2 unspecified atom stereocenters. The maximum atomic E-state index is 3.51. The lowest BCUT2D eigenvalue weighted by molar-refractivity contribution is 0.366. The van der Waals surface area contributed by atoms with Crippen LogP contribution in [0.25, 0.3) is 0 Å². The molecule has 2 atom stereocenters. The fourth-order valence-electron chi connectivity index (χ4n) is 1.84. The van der Waals surface area contributed by atoms with Gasteiger partial charge in [-0.15, -0.1) is 0 Å². The lowest BCUT2D eigenvalue weighted by Gasteiger charge is -2.28. The van der Waals surface area contributed by atoms with Crippen molar-refractivity contribution in [3.05, 3.63) is 11.6 Å². The first-order valence-corrected chi connectivity index (χ1v) is 4.63. The van der Waals surface area contributed by atoms with E-state index in [1.165, 1.54) is 12.8 Å². The Morgan fingerprint density at radius 2 is 2.36 bits per heavy atom. The topological polar surface area (TPSA) is 12.0 Å². The van der Waals surface area contributed by atoms with Crippen molar-refractivity contribution in [1.82, 2.24) is 5.32 Å². The second kappa shape index (κ2) is 3.91. The molecule has 0 radical (unpaired) electrons. The summed E-state index contributed by atoms with van der Waals surface area (Å²) in [4.78, 5) is 0. The second-order valence-corrected chi connectivity index (χ2v) is 3.63. The predicted molar refractivity (Wildman–Crippen MR) is 49.6 cm³/mol. The predicted octanol–water partition coefficient (Wildman–Crippen LogP) is 2.34. The van der Waals surface area contributed by atoms with Crippen molar-refractivity contribution in [2.45, 2.75) is 39.7 Å². The summed E-state index contributed by atoms with van der Waals surface area (Å²) in [5.41, 5.74) is 1.56. The minimum Gasteiger partial charge on any atom is -0.314 e. The molecule has 0 aliphatic heterocycles. The summed E-state index contributed by atoms with van der Waals surface area (Å²) in [5, 5.41) is 3.51. The first kappa shape index (κ1) is 8.79. The molecule has 0 spiro atoms. The van der Waals surface area contributed by atoms with Crippen LogP contribution in [0.1, 0.15) is 33.6 Å². The SMILES string of the molecule is CCNC1CC=C(C)CC1C. The third-order valence-corrected chi connectivity index (χ3v) is 2.52. The van der Waals surface area contributed by atoms with Crippen LogP contribution in [0.3, 0.4) is 0 Å². The lowest BCUT2D eigenvalue weighted by atomic mass is 9.86. The van der Waals surface area contributed by atoms with Crippen LogP contribution in [-0.2, 0) is 0 Å². The van der Waals surface area contributed by atoms with E-state index in [0.717, 1.165) is 18.5 Å².